The number of hydrogen-bond acceptors (Lipinski definition) is 0. The van der Waals surface area contributed by atoms with E-state index in [1.54, 1.807) is 0 Å². The molecule has 0 fully saturated rings. The van der Waals surface area contributed by atoms with Crippen molar-refractivity contribution in [1.82, 2.24) is 0 Å². The molecule has 15 heavy (non-hydrogen) atoms. The summed E-state index contributed by atoms with van der Waals surface area (Å²) in [6.45, 7) is 4.10. The molecule has 0 amide bonds. The van der Waals surface area contributed by atoms with Gasteiger partial charge in [-0.2, -0.15) is 0 Å². The Hall–Kier alpha value is -0.820. The van der Waals surface area contributed by atoms with E-state index in [0.29, 0.717) is 0 Å². The summed E-state index contributed by atoms with van der Waals surface area (Å²) in [6.07, 6.45) is 0. The quantitative estimate of drug-likeness (QED) is 0.659. The van der Waals surface area contributed by atoms with Gasteiger partial charge in [-0.1, -0.05) is 67.2 Å². The van der Waals surface area contributed by atoms with Gasteiger partial charge in [0, 0.05) is 0 Å². The van der Waals surface area contributed by atoms with Gasteiger partial charge in [0.15, 0.2) is 0 Å². The second-order valence-corrected chi connectivity index (χ2v) is 3.21. The van der Waals surface area contributed by atoms with Gasteiger partial charge in [0.1, 0.15) is 0 Å². The monoisotopic (exact) mass is 204 g/mol. The standard InChI is InChI=1S/C14H12.Na.H/c1-12(13-8-4-2-5-9-13)14-10-6-3-7-11-14;;/h2-11H,1H2;;. The molecule has 70 valence electrons. The molecule has 0 unspecified atom stereocenters. The zero-order chi connectivity index (χ0) is 9.80. The minimum atomic E-state index is 0. The number of benzene rings is 2. The molecule has 0 aliphatic heterocycles. The Morgan fingerprint density at radius 2 is 1.00 bits per heavy atom. The summed E-state index contributed by atoms with van der Waals surface area (Å²) in [5.41, 5.74) is 3.43. The van der Waals surface area contributed by atoms with Crippen LogP contribution in [0.1, 0.15) is 11.1 Å². The van der Waals surface area contributed by atoms with Gasteiger partial charge in [0.2, 0.25) is 0 Å². The molecule has 0 bridgehead atoms. The molecule has 0 aromatic heterocycles. The topological polar surface area (TPSA) is 0 Å². The second kappa shape index (κ2) is 5.92. The first-order chi connectivity index (χ1) is 6.88. The van der Waals surface area contributed by atoms with Crippen LogP contribution in [0.5, 0.6) is 0 Å². The fraction of sp³-hybridized carbons (Fsp3) is 0. The molecule has 1 heteroatoms. The molecule has 0 spiro atoms. The van der Waals surface area contributed by atoms with Crippen LogP contribution in [-0.2, 0) is 0 Å². The van der Waals surface area contributed by atoms with Gasteiger partial charge >= 0.3 is 29.6 Å². The van der Waals surface area contributed by atoms with E-state index in [1.165, 1.54) is 11.1 Å². The molecule has 0 heterocycles. The van der Waals surface area contributed by atoms with Crippen LogP contribution in [0.3, 0.4) is 0 Å². The summed E-state index contributed by atoms with van der Waals surface area (Å²) in [5.74, 6) is 0. The van der Waals surface area contributed by atoms with Gasteiger partial charge in [0.05, 0.1) is 0 Å². The fourth-order valence-corrected chi connectivity index (χ4v) is 1.45. The Morgan fingerprint density at radius 3 is 1.33 bits per heavy atom. The van der Waals surface area contributed by atoms with Crippen LogP contribution < -0.4 is 0 Å². The zero-order valence-corrected chi connectivity index (χ0v) is 7.98. The van der Waals surface area contributed by atoms with E-state index in [2.05, 4.69) is 30.8 Å². The maximum atomic E-state index is 4.10. The summed E-state index contributed by atoms with van der Waals surface area (Å²) in [5, 5.41) is 0. The van der Waals surface area contributed by atoms with Crippen molar-refractivity contribution in [3.63, 3.8) is 0 Å². The van der Waals surface area contributed by atoms with E-state index in [0.717, 1.165) is 5.57 Å². The average molecular weight is 204 g/mol. The van der Waals surface area contributed by atoms with Crippen molar-refractivity contribution in [2.75, 3.05) is 0 Å². The van der Waals surface area contributed by atoms with E-state index in [4.69, 9.17) is 0 Å². The van der Waals surface area contributed by atoms with Crippen LogP contribution in [0.15, 0.2) is 67.2 Å². The Bertz CT molecular complexity index is 376. The van der Waals surface area contributed by atoms with Crippen molar-refractivity contribution in [3.05, 3.63) is 78.4 Å². The molecule has 2 rings (SSSR count). The Kier molecular flexibility index (Phi) is 4.83. The molecule has 0 aliphatic carbocycles. The summed E-state index contributed by atoms with van der Waals surface area (Å²) in [6, 6.07) is 20.5. The Morgan fingerprint density at radius 1 is 0.667 bits per heavy atom. The molecular weight excluding hydrogens is 191 g/mol. The van der Waals surface area contributed by atoms with Crippen molar-refractivity contribution in [3.8, 4) is 0 Å². The van der Waals surface area contributed by atoms with Gasteiger partial charge in [-0.3, -0.25) is 0 Å². The third-order valence-electron chi connectivity index (χ3n) is 2.24. The van der Waals surface area contributed by atoms with Gasteiger partial charge in [0.25, 0.3) is 0 Å². The third-order valence-corrected chi connectivity index (χ3v) is 2.24. The van der Waals surface area contributed by atoms with E-state index >= 15 is 0 Å². The first kappa shape index (κ1) is 12.3. The Balaban J connectivity index is 0.00000112. The summed E-state index contributed by atoms with van der Waals surface area (Å²) in [7, 11) is 0. The molecule has 0 radical (unpaired) electrons. The van der Waals surface area contributed by atoms with E-state index in [1.807, 2.05) is 36.4 Å². The molecular formula is C14H13Na. The van der Waals surface area contributed by atoms with Crippen LogP contribution in [-0.4, -0.2) is 29.6 Å². The number of rotatable bonds is 2. The zero-order valence-electron chi connectivity index (χ0n) is 7.98. The first-order valence-electron chi connectivity index (χ1n) is 4.67. The van der Waals surface area contributed by atoms with E-state index in [-0.39, 0.29) is 29.6 Å². The molecule has 0 saturated carbocycles. The second-order valence-electron chi connectivity index (χ2n) is 3.21. The van der Waals surface area contributed by atoms with E-state index < -0.39 is 0 Å². The van der Waals surface area contributed by atoms with Gasteiger partial charge < -0.3 is 0 Å². The van der Waals surface area contributed by atoms with Crippen molar-refractivity contribution in [2.24, 2.45) is 0 Å². The summed E-state index contributed by atoms with van der Waals surface area (Å²) < 4.78 is 0. The summed E-state index contributed by atoms with van der Waals surface area (Å²) in [4.78, 5) is 0. The molecule has 2 aromatic carbocycles. The van der Waals surface area contributed by atoms with Crippen LogP contribution in [0.2, 0.25) is 0 Å². The molecule has 0 saturated heterocycles. The predicted octanol–water partition coefficient (Wildman–Crippen LogP) is 3.10. The molecule has 0 atom stereocenters. The van der Waals surface area contributed by atoms with Crippen molar-refractivity contribution in [2.45, 2.75) is 0 Å². The molecule has 0 aliphatic rings. The average Bonchev–Trinajstić information content (AvgIpc) is 2.30. The molecule has 0 nitrogen and oxygen atoms in total. The van der Waals surface area contributed by atoms with Crippen LogP contribution in [0.25, 0.3) is 5.57 Å². The fourth-order valence-electron chi connectivity index (χ4n) is 1.45. The van der Waals surface area contributed by atoms with Crippen LogP contribution in [0.4, 0.5) is 0 Å². The minimum absolute atomic E-state index is 0. The first-order valence-corrected chi connectivity index (χ1v) is 4.67. The predicted molar refractivity (Wildman–Crippen MR) is 68.2 cm³/mol. The molecule has 0 N–H and O–H groups in total. The molecule has 2 aromatic rings. The van der Waals surface area contributed by atoms with Gasteiger partial charge in [-0.15, -0.1) is 0 Å². The Labute approximate surface area is 113 Å². The SMILES string of the molecule is C=C(c1ccccc1)c1ccccc1.[NaH]. The van der Waals surface area contributed by atoms with Crippen LogP contribution in [0, 0.1) is 0 Å². The van der Waals surface area contributed by atoms with Gasteiger partial charge in [-0.25, -0.2) is 0 Å². The maximum absolute atomic E-state index is 4.10. The third kappa shape index (κ3) is 3.07. The normalized spacial score (nSPS) is 9.07. The van der Waals surface area contributed by atoms with Crippen molar-refractivity contribution in [1.29, 1.82) is 0 Å². The van der Waals surface area contributed by atoms with Crippen molar-refractivity contribution >= 4 is 35.1 Å². The number of hydrogen-bond donors (Lipinski definition) is 0. The van der Waals surface area contributed by atoms with Gasteiger partial charge in [-0.05, 0) is 16.7 Å². The van der Waals surface area contributed by atoms with E-state index in [9.17, 15) is 0 Å². The summed E-state index contributed by atoms with van der Waals surface area (Å²) >= 11 is 0. The van der Waals surface area contributed by atoms with Crippen molar-refractivity contribution < 1.29 is 0 Å². The van der Waals surface area contributed by atoms with Crippen LogP contribution >= 0.6 is 0 Å².